The molecule has 2 rings (SSSR count). The SMILES string of the molecule is COc1ccc(CNCC2CCC(Cl)C2)cc1. The molecular weight excluding hydrogens is 234 g/mol. The standard InChI is InChI=1S/C14H20ClNO/c1-17-14-6-3-11(4-7-14)9-16-10-12-2-5-13(15)8-12/h3-4,6-7,12-13,16H,2,5,8-10H2,1H3. The first-order valence-corrected chi connectivity index (χ1v) is 6.69. The summed E-state index contributed by atoms with van der Waals surface area (Å²) < 4.78 is 5.13. The molecule has 0 saturated heterocycles. The lowest BCUT2D eigenvalue weighted by Gasteiger charge is -2.11. The molecule has 0 spiro atoms. The van der Waals surface area contributed by atoms with Gasteiger partial charge in [0.1, 0.15) is 5.75 Å². The number of methoxy groups -OCH3 is 1. The summed E-state index contributed by atoms with van der Waals surface area (Å²) in [7, 11) is 1.69. The quantitative estimate of drug-likeness (QED) is 0.814. The molecule has 1 aliphatic rings. The van der Waals surface area contributed by atoms with E-state index in [0.717, 1.165) is 31.2 Å². The van der Waals surface area contributed by atoms with Gasteiger partial charge in [-0.1, -0.05) is 12.1 Å². The average Bonchev–Trinajstić information content (AvgIpc) is 2.76. The second kappa shape index (κ2) is 6.27. The Balaban J connectivity index is 1.70. The van der Waals surface area contributed by atoms with Crippen LogP contribution in [-0.2, 0) is 6.54 Å². The van der Waals surface area contributed by atoms with Gasteiger partial charge in [0.05, 0.1) is 7.11 Å². The third-order valence-electron chi connectivity index (χ3n) is 3.40. The Labute approximate surface area is 108 Å². The van der Waals surface area contributed by atoms with Crippen molar-refractivity contribution in [2.45, 2.75) is 31.2 Å². The fourth-order valence-electron chi connectivity index (χ4n) is 2.36. The van der Waals surface area contributed by atoms with Gasteiger partial charge in [0.25, 0.3) is 0 Å². The molecule has 17 heavy (non-hydrogen) atoms. The fraction of sp³-hybridized carbons (Fsp3) is 0.571. The van der Waals surface area contributed by atoms with Gasteiger partial charge in [-0.05, 0) is 49.4 Å². The van der Waals surface area contributed by atoms with Crippen LogP contribution in [0.3, 0.4) is 0 Å². The minimum atomic E-state index is 0.405. The van der Waals surface area contributed by atoms with E-state index in [-0.39, 0.29) is 0 Å². The predicted molar refractivity (Wildman–Crippen MR) is 71.7 cm³/mol. The molecule has 1 aliphatic carbocycles. The maximum atomic E-state index is 6.09. The summed E-state index contributed by atoms with van der Waals surface area (Å²) in [5.74, 6) is 1.67. The van der Waals surface area contributed by atoms with E-state index in [9.17, 15) is 0 Å². The van der Waals surface area contributed by atoms with Crippen molar-refractivity contribution in [1.29, 1.82) is 0 Å². The summed E-state index contributed by atoms with van der Waals surface area (Å²) in [6.07, 6.45) is 3.61. The van der Waals surface area contributed by atoms with E-state index in [2.05, 4.69) is 17.4 Å². The highest BCUT2D eigenvalue weighted by atomic mass is 35.5. The number of hydrogen-bond acceptors (Lipinski definition) is 2. The second-order valence-electron chi connectivity index (χ2n) is 4.76. The molecule has 1 saturated carbocycles. The average molecular weight is 254 g/mol. The molecule has 2 unspecified atom stereocenters. The summed E-state index contributed by atoms with van der Waals surface area (Å²) in [6, 6.07) is 8.21. The highest BCUT2D eigenvalue weighted by Gasteiger charge is 2.22. The minimum absolute atomic E-state index is 0.405. The third kappa shape index (κ3) is 3.90. The van der Waals surface area contributed by atoms with Crippen molar-refractivity contribution in [1.82, 2.24) is 5.32 Å². The number of benzene rings is 1. The number of nitrogens with one attached hydrogen (secondary N) is 1. The summed E-state index contributed by atoms with van der Waals surface area (Å²) in [5, 5.41) is 3.91. The van der Waals surface area contributed by atoms with Crippen LogP contribution in [0, 0.1) is 5.92 Å². The van der Waals surface area contributed by atoms with Gasteiger partial charge in [-0.15, -0.1) is 11.6 Å². The molecule has 0 radical (unpaired) electrons. The summed E-state index contributed by atoms with van der Waals surface area (Å²) in [6.45, 7) is 2.00. The molecule has 94 valence electrons. The topological polar surface area (TPSA) is 21.3 Å². The smallest absolute Gasteiger partial charge is 0.118 e. The lowest BCUT2D eigenvalue weighted by atomic mass is 10.1. The van der Waals surface area contributed by atoms with Crippen molar-refractivity contribution in [2.24, 2.45) is 5.92 Å². The summed E-state index contributed by atoms with van der Waals surface area (Å²) in [4.78, 5) is 0. The molecule has 1 aromatic carbocycles. The molecular formula is C14H20ClNO. The van der Waals surface area contributed by atoms with E-state index in [0.29, 0.717) is 5.38 Å². The van der Waals surface area contributed by atoms with Crippen LogP contribution in [0.1, 0.15) is 24.8 Å². The van der Waals surface area contributed by atoms with E-state index >= 15 is 0 Å². The Hall–Kier alpha value is -0.730. The van der Waals surface area contributed by atoms with Crippen LogP contribution in [0.5, 0.6) is 5.75 Å². The van der Waals surface area contributed by atoms with Crippen LogP contribution >= 0.6 is 11.6 Å². The zero-order valence-electron chi connectivity index (χ0n) is 10.3. The van der Waals surface area contributed by atoms with Crippen molar-refractivity contribution in [3.05, 3.63) is 29.8 Å². The number of halogens is 1. The Morgan fingerprint density at radius 1 is 1.29 bits per heavy atom. The van der Waals surface area contributed by atoms with Crippen LogP contribution in [0.15, 0.2) is 24.3 Å². The lowest BCUT2D eigenvalue weighted by molar-refractivity contribution is 0.414. The summed E-state index contributed by atoms with van der Waals surface area (Å²) in [5.41, 5.74) is 1.30. The van der Waals surface area contributed by atoms with E-state index in [1.54, 1.807) is 7.11 Å². The number of ether oxygens (including phenoxy) is 1. The molecule has 0 bridgehead atoms. The zero-order valence-corrected chi connectivity index (χ0v) is 11.0. The molecule has 0 heterocycles. The Morgan fingerprint density at radius 3 is 2.65 bits per heavy atom. The van der Waals surface area contributed by atoms with E-state index in [1.807, 2.05) is 12.1 Å². The first kappa shape index (κ1) is 12.7. The largest absolute Gasteiger partial charge is 0.497 e. The van der Waals surface area contributed by atoms with Crippen molar-refractivity contribution in [3.8, 4) is 5.75 Å². The van der Waals surface area contributed by atoms with Crippen molar-refractivity contribution in [3.63, 3.8) is 0 Å². The van der Waals surface area contributed by atoms with Gasteiger partial charge in [-0.25, -0.2) is 0 Å². The number of hydrogen-bond donors (Lipinski definition) is 1. The first-order chi connectivity index (χ1) is 8.28. The van der Waals surface area contributed by atoms with Crippen molar-refractivity contribution >= 4 is 11.6 Å². The Morgan fingerprint density at radius 2 is 2.06 bits per heavy atom. The minimum Gasteiger partial charge on any atom is -0.497 e. The predicted octanol–water partition coefficient (Wildman–Crippen LogP) is 3.19. The molecule has 1 fully saturated rings. The number of alkyl halides is 1. The molecule has 0 aliphatic heterocycles. The summed E-state index contributed by atoms with van der Waals surface area (Å²) >= 11 is 6.09. The van der Waals surface area contributed by atoms with Crippen molar-refractivity contribution in [2.75, 3.05) is 13.7 Å². The Bertz CT molecular complexity index is 339. The number of rotatable bonds is 5. The van der Waals surface area contributed by atoms with E-state index < -0.39 is 0 Å². The van der Waals surface area contributed by atoms with Gasteiger partial charge in [-0.2, -0.15) is 0 Å². The molecule has 1 N–H and O–H groups in total. The second-order valence-corrected chi connectivity index (χ2v) is 5.37. The fourth-order valence-corrected chi connectivity index (χ4v) is 2.74. The van der Waals surface area contributed by atoms with Gasteiger partial charge in [0.15, 0.2) is 0 Å². The molecule has 3 heteroatoms. The van der Waals surface area contributed by atoms with Gasteiger partial charge in [-0.3, -0.25) is 0 Å². The normalized spacial score (nSPS) is 23.9. The van der Waals surface area contributed by atoms with Crippen LogP contribution in [-0.4, -0.2) is 19.0 Å². The van der Waals surface area contributed by atoms with Crippen molar-refractivity contribution < 1.29 is 4.74 Å². The molecule has 0 aromatic heterocycles. The van der Waals surface area contributed by atoms with E-state index in [4.69, 9.17) is 16.3 Å². The van der Waals surface area contributed by atoms with Crippen LogP contribution in [0.2, 0.25) is 0 Å². The van der Waals surface area contributed by atoms with Gasteiger partial charge in [0, 0.05) is 11.9 Å². The highest BCUT2D eigenvalue weighted by Crippen LogP contribution is 2.28. The van der Waals surface area contributed by atoms with Crippen LogP contribution in [0.4, 0.5) is 0 Å². The molecule has 2 atom stereocenters. The maximum absolute atomic E-state index is 6.09. The molecule has 2 nitrogen and oxygen atoms in total. The van der Waals surface area contributed by atoms with Crippen LogP contribution in [0.25, 0.3) is 0 Å². The van der Waals surface area contributed by atoms with Gasteiger partial charge in [0.2, 0.25) is 0 Å². The molecule has 1 aromatic rings. The van der Waals surface area contributed by atoms with E-state index in [1.165, 1.54) is 18.4 Å². The monoisotopic (exact) mass is 253 g/mol. The maximum Gasteiger partial charge on any atom is 0.118 e. The highest BCUT2D eigenvalue weighted by molar-refractivity contribution is 6.20. The molecule has 0 amide bonds. The van der Waals surface area contributed by atoms with Gasteiger partial charge >= 0.3 is 0 Å². The van der Waals surface area contributed by atoms with Crippen LogP contribution < -0.4 is 10.1 Å². The zero-order chi connectivity index (χ0) is 12.1. The first-order valence-electron chi connectivity index (χ1n) is 6.25. The van der Waals surface area contributed by atoms with Gasteiger partial charge < -0.3 is 10.1 Å². The lowest BCUT2D eigenvalue weighted by Crippen LogP contribution is -2.21. The Kier molecular flexibility index (Phi) is 4.69. The third-order valence-corrected chi connectivity index (χ3v) is 3.79.